The topological polar surface area (TPSA) is 64.6 Å². The molecule has 5 heteroatoms. The minimum absolute atomic E-state index is 0.163. The van der Waals surface area contributed by atoms with Gasteiger partial charge in [-0.3, -0.25) is 4.79 Å². The van der Waals surface area contributed by atoms with Crippen molar-refractivity contribution in [1.29, 1.82) is 0 Å². The highest BCUT2D eigenvalue weighted by molar-refractivity contribution is 5.75. The number of rotatable bonds is 23. The van der Waals surface area contributed by atoms with Gasteiger partial charge in [-0.1, -0.05) is 64.0 Å². The number of hydrogen-bond acceptors (Lipinski definition) is 4. The molecule has 31 heavy (non-hydrogen) atoms. The summed E-state index contributed by atoms with van der Waals surface area (Å²) in [7, 11) is 4.13. The zero-order valence-corrected chi connectivity index (χ0v) is 21.0. The Balaban J connectivity index is 3.38. The number of carbonyl (C=O) groups excluding carboxylic acids is 1. The predicted octanol–water partition coefficient (Wildman–Crippen LogP) is 5.04. The summed E-state index contributed by atoms with van der Waals surface area (Å²) >= 11 is 0. The monoisotopic (exact) mass is 439 g/mol. The lowest BCUT2D eigenvalue weighted by Crippen LogP contribution is -2.29. The second-order valence-electron chi connectivity index (χ2n) is 8.98. The summed E-state index contributed by atoms with van der Waals surface area (Å²) in [6, 6.07) is 0. The molecule has 5 nitrogen and oxygen atoms in total. The molecule has 0 aliphatic carbocycles. The lowest BCUT2D eigenvalue weighted by molar-refractivity contribution is -0.121. The van der Waals surface area contributed by atoms with Gasteiger partial charge in [0.15, 0.2) is 0 Å². The summed E-state index contributed by atoms with van der Waals surface area (Å²) in [5.74, 6) is 0.203. The number of allylic oxidation sites excluding steroid dienone is 1. The van der Waals surface area contributed by atoms with Gasteiger partial charge in [-0.05, 0) is 78.7 Å². The normalized spacial score (nSPS) is 12.7. The maximum atomic E-state index is 11.9. The highest BCUT2D eigenvalue weighted by Gasteiger charge is 2.03. The van der Waals surface area contributed by atoms with E-state index in [1.165, 1.54) is 38.5 Å². The van der Waals surface area contributed by atoms with Crippen LogP contribution in [0, 0.1) is 0 Å². The van der Waals surface area contributed by atoms with Gasteiger partial charge in [0.25, 0.3) is 0 Å². The number of nitrogens with one attached hydrogen (secondary N) is 2. The molecule has 0 rings (SSSR count). The van der Waals surface area contributed by atoms with Crippen LogP contribution in [-0.2, 0) is 4.79 Å². The molecule has 0 radical (unpaired) electrons. The maximum Gasteiger partial charge on any atom is 0.219 e. The minimum atomic E-state index is -0.163. The Kier molecular flexibility index (Phi) is 23.0. The van der Waals surface area contributed by atoms with Gasteiger partial charge >= 0.3 is 0 Å². The van der Waals surface area contributed by atoms with Gasteiger partial charge in [-0.2, -0.15) is 0 Å². The van der Waals surface area contributed by atoms with Crippen LogP contribution in [0.2, 0.25) is 0 Å². The Hall–Kier alpha value is -0.910. The first kappa shape index (κ1) is 30.1. The number of aliphatic hydroxyl groups is 1. The van der Waals surface area contributed by atoms with Crippen LogP contribution in [0.5, 0.6) is 0 Å². The van der Waals surface area contributed by atoms with E-state index in [1.54, 1.807) is 0 Å². The van der Waals surface area contributed by atoms with Gasteiger partial charge in [-0.25, -0.2) is 0 Å². The van der Waals surface area contributed by atoms with E-state index < -0.39 is 0 Å². The molecule has 1 atom stereocenters. The summed E-state index contributed by atoms with van der Waals surface area (Å²) in [4.78, 5) is 14.2. The van der Waals surface area contributed by atoms with Crippen molar-refractivity contribution in [3.8, 4) is 0 Å². The first-order chi connectivity index (χ1) is 15.1. The fraction of sp³-hybridized carbons (Fsp3) is 0.885. The number of hydrogen-bond donors (Lipinski definition) is 3. The molecule has 0 spiro atoms. The van der Waals surface area contributed by atoms with E-state index >= 15 is 0 Å². The van der Waals surface area contributed by atoms with E-state index in [1.807, 2.05) is 7.05 Å². The number of unbranched alkanes of at least 4 members (excludes halogenated alkanes) is 8. The van der Waals surface area contributed by atoms with Crippen LogP contribution in [0.15, 0.2) is 12.2 Å². The largest absolute Gasteiger partial charge is 0.393 e. The van der Waals surface area contributed by atoms with E-state index in [4.69, 9.17) is 0 Å². The average molecular weight is 440 g/mol. The molecule has 0 aliphatic rings. The fourth-order valence-corrected chi connectivity index (χ4v) is 3.68. The smallest absolute Gasteiger partial charge is 0.219 e. The van der Waals surface area contributed by atoms with Crippen LogP contribution >= 0.6 is 0 Å². The number of carbonyl (C=O) groups is 1. The van der Waals surface area contributed by atoms with E-state index in [2.05, 4.69) is 41.7 Å². The second kappa shape index (κ2) is 23.7. The van der Waals surface area contributed by atoms with E-state index in [-0.39, 0.29) is 12.0 Å². The van der Waals surface area contributed by atoms with Gasteiger partial charge in [0.1, 0.15) is 0 Å². The summed E-state index contributed by atoms with van der Waals surface area (Å²) in [5, 5.41) is 16.2. The van der Waals surface area contributed by atoms with Gasteiger partial charge in [0.05, 0.1) is 6.10 Å². The van der Waals surface area contributed by atoms with Crippen molar-refractivity contribution in [2.24, 2.45) is 0 Å². The molecule has 1 amide bonds. The van der Waals surface area contributed by atoms with Crippen LogP contribution in [-0.4, -0.2) is 62.3 Å². The maximum absolute atomic E-state index is 11.9. The molecule has 0 heterocycles. The Bertz CT molecular complexity index is 415. The summed E-state index contributed by atoms with van der Waals surface area (Å²) in [6.45, 7) is 6.20. The quantitative estimate of drug-likeness (QED) is 0.154. The van der Waals surface area contributed by atoms with E-state index in [9.17, 15) is 9.90 Å². The molecule has 0 fully saturated rings. The van der Waals surface area contributed by atoms with E-state index in [0.29, 0.717) is 6.42 Å². The third kappa shape index (κ3) is 23.6. The van der Waals surface area contributed by atoms with Crippen LogP contribution in [0.3, 0.4) is 0 Å². The average Bonchev–Trinajstić information content (AvgIpc) is 2.75. The molecule has 184 valence electrons. The molecule has 0 saturated heterocycles. The van der Waals surface area contributed by atoms with Gasteiger partial charge in [0.2, 0.25) is 5.91 Å². The molecule has 0 saturated carbocycles. The molecule has 1 unspecified atom stereocenters. The van der Waals surface area contributed by atoms with Crippen molar-refractivity contribution in [3.05, 3.63) is 12.2 Å². The number of aliphatic hydroxyl groups excluding tert-OH is 1. The molecular weight excluding hydrogens is 386 g/mol. The lowest BCUT2D eigenvalue weighted by atomic mass is 10.1. The SMILES string of the molecule is CCCCCCC(O)C/C=C/CCCCCCCC(=O)NCCCN(C)CCCNC. The predicted molar refractivity (Wildman–Crippen MR) is 135 cm³/mol. The van der Waals surface area contributed by atoms with Gasteiger partial charge in [-0.15, -0.1) is 0 Å². The van der Waals surface area contributed by atoms with Crippen LogP contribution in [0.4, 0.5) is 0 Å². The number of nitrogens with zero attached hydrogens (tertiary/aromatic N) is 1. The molecule has 3 N–H and O–H groups in total. The third-order valence-corrected chi connectivity index (χ3v) is 5.75. The van der Waals surface area contributed by atoms with Crippen LogP contribution in [0.25, 0.3) is 0 Å². The van der Waals surface area contributed by atoms with E-state index in [0.717, 1.165) is 77.5 Å². The zero-order valence-electron chi connectivity index (χ0n) is 21.0. The van der Waals surface area contributed by atoms with Crippen molar-refractivity contribution in [2.75, 3.05) is 40.3 Å². The Morgan fingerprint density at radius 1 is 0.903 bits per heavy atom. The first-order valence-corrected chi connectivity index (χ1v) is 13.0. The Morgan fingerprint density at radius 3 is 2.32 bits per heavy atom. The molecule has 0 aromatic rings. The lowest BCUT2D eigenvalue weighted by Gasteiger charge is -2.16. The van der Waals surface area contributed by atoms with Crippen molar-refractivity contribution >= 4 is 5.91 Å². The third-order valence-electron chi connectivity index (χ3n) is 5.75. The molecule has 0 aromatic carbocycles. The summed E-state index contributed by atoms with van der Waals surface area (Å²) in [5.41, 5.74) is 0. The van der Waals surface area contributed by atoms with Crippen LogP contribution in [0.1, 0.15) is 103 Å². The van der Waals surface area contributed by atoms with Crippen molar-refractivity contribution < 1.29 is 9.90 Å². The first-order valence-electron chi connectivity index (χ1n) is 13.0. The standard InChI is InChI=1S/C26H53N3O2/c1-4-5-6-13-18-25(30)19-14-11-9-7-8-10-12-15-20-26(31)28-22-17-24-29(3)23-16-21-27-2/h11,14,25,27,30H,4-10,12-13,15-24H2,1-3H3,(H,28,31)/b14-11+. The van der Waals surface area contributed by atoms with Crippen molar-refractivity contribution in [2.45, 2.75) is 109 Å². The fourth-order valence-electron chi connectivity index (χ4n) is 3.68. The van der Waals surface area contributed by atoms with Crippen molar-refractivity contribution in [3.63, 3.8) is 0 Å². The molecule has 0 aromatic heterocycles. The van der Waals surface area contributed by atoms with Gasteiger partial charge in [0, 0.05) is 13.0 Å². The summed E-state index contributed by atoms with van der Waals surface area (Å²) < 4.78 is 0. The highest BCUT2D eigenvalue weighted by atomic mass is 16.3. The number of amides is 1. The Labute approximate surface area is 193 Å². The molecular formula is C26H53N3O2. The summed E-state index contributed by atoms with van der Waals surface area (Å²) in [6.07, 6.45) is 20.6. The molecule has 0 aliphatic heterocycles. The molecule has 0 bridgehead atoms. The minimum Gasteiger partial charge on any atom is -0.393 e. The van der Waals surface area contributed by atoms with Gasteiger partial charge < -0.3 is 20.6 Å². The highest BCUT2D eigenvalue weighted by Crippen LogP contribution is 2.10. The van der Waals surface area contributed by atoms with Crippen LogP contribution < -0.4 is 10.6 Å². The second-order valence-corrected chi connectivity index (χ2v) is 8.98. The van der Waals surface area contributed by atoms with Crippen molar-refractivity contribution in [1.82, 2.24) is 15.5 Å². The zero-order chi connectivity index (χ0) is 23.0. The Morgan fingerprint density at radius 2 is 1.58 bits per heavy atom.